The van der Waals surface area contributed by atoms with Crippen LogP contribution < -0.4 is 10.5 Å². The van der Waals surface area contributed by atoms with E-state index in [0.29, 0.717) is 0 Å². The molecular weight excluding hydrogens is 274 g/mol. The summed E-state index contributed by atoms with van der Waals surface area (Å²) < 4.78 is 18.2. The molecule has 17 heavy (non-hydrogen) atoms. The van der Waals surface area contributed by atoms with Crippen LogP contribution in [-0.2, 0) is 4.79 Å². The Morgan fingerprint density at radius 1 is 1.59 bits per heavy atom. The molecule has 3 N–H and O–H groups in total. The van der Waals surface area contributed by atoms with Gasteiger partial charge in [-0.2, -0.15) is 9.37 Å². The highest BCUT2D eigenvalue weighted by molar-refractivity contribution is 6.39. The third-order valence-electron chi connectivity index (χ3n) is 1.82. The summed E-state index contributed by atoms with van der Waals surface area (Å²) in [5, 5.41) is 7.99. The van der Waals surface area contributed by atoms with Crippen LogP contribution in [0.1, 0.15) is 13.3 Å². The molecule has 0 bridgehead atoms. The number of nitrogen functional groups attached to an aromatic ring is 1. The van der Waals surface area contributed by atoms with Crippen LogP contribution >= 0.6 is 23.2 Å². The minimum Gasteiger partial charge on any atom is -0.481 e. The summed E-state index contributed by atoms with van der Waals surface area (Å²) in [7, 11) is 0. The Hall–Kier alpha value is -1.27. The van der Waals surface area contributed by atoms with Crippen LogP contribution in [0.5, 0.6) is 5.88 Å². The second-order valence-electron chi connectivity index (χ2n) is 3.28. The summed E-state index contributed by atoms with van der Waals surface area (Å²) in [4.78, 5) is 13.8. The van der Waals surface area contributed by atoms with Gasteiger partial charge in [-0.3, -0.25) is 4.79 Å². The first kappa shape index (κ1) is 13.8. The number of aromatic nitrogens is 1. The van der Waals surface area contributed by atoms with Crippen molar-refractivity contribution >= 4 is 34.9 Å². The highest BCUT2D eigenvalue weighted by Gasteiger charge is 2.19. The summed E-state index contributed by atoms with van der Waals surface area (Å²) >= 11 is 11.2. The standard InChI is InChI=1S/C9H9Cl2FN2O3/c1-3(2-4(15)16)17-9-6(11)7(13)5(10)8(12)14-9/h3H,2H2,1H3,(H2,13,14)(H,15,16). The van der Waals surface area contributed by atoms with Gasteiger partial charge >= 0.3 is 5.97 Å². The summed E-state index contributed by atoms with van der Waals surface area (Å²) in [5.74, 6) is -2.36. The summed E-state index contributed by atoms with van der Waals surface area (Å²) in [5.41, 5.74) is 5.22. The zero-order valence-corrected chi connectivity index (χ0v) is 10.2. The Bertz CT molecular complexity index is 456. The van der Waals surface area contributed by atoms with Crippen LogP contribution in [0.4, 0.5) is 10.1 Å². The average molecular weight is 283 g/mol. The van der Waals surface area contributed by atoms with E-state index in [2.05, 4.69) is 4.98 Å². The maximum Gasteiger partial charge on any atom is 0.307 e. The molecule has 0 amide bonds. The van der Waals surface area contributed by atoms with Crippen molar-refractivity contribution in [1.29, 1.82) is 0 Å². The Balaban J connectivity index is 2.96. The van der Waals surface area contributed by atoms with Gasteiger partial charge in [0.05, 0.1) is 12.1 Å². The van der Waals surface area contributed by atoms with E-state index in [9.17, 15) is 9.18 Å². The van der Waals surface area contributed by atoms with Gasteiger partial charge in [-0.15, -0.1) is 0 Å². The number of halogens is 3. The molecule has 1 heterocycles. The minimum absolute atomic E-state index is 0.145. The number of aliphatic carboxylic acids is 1. The van der Waals surface area contributed by atoms with Crippen LogP contribution in [0, 0.1) is 5.95 Å². The fourth-order valence-electron chi connectivity index (χ4n) is 1.07. The molecule has 1 atom stereocenters. The first-order chi connectivity index (χ1) is 7.82. The Kier molecular flexibility index (Phi) is 4.36. The van der Waals surface area contributed by atoms with Gasteiger partial charge in [0.2, 0.25) is 11.8 Å². The number of rotatable bonds is 4. The lowest BCUT2D eigenvalue weighted by Crippen LogP contribution is -2.18. The molecule has 0 radical (unpaired) electrons. The zero-order valence-electron chi connectivity index (χ0n) is 8.71. The molecule has 0 aliphatic rings. The number of carboxylic acids is 1. The normalized spacial score (nSPS) is 12.2. The van der Waals surface area contributed by atoms with Gasteiger partial charge in [-0.05, 0) is 6.92 Å². The lowest BCUT2D eigenvalue weighted by Gasteiger charge is -2.14. The second-order valence-corrected chi connectivity index (χ2v) is 4.03. The number of carboxylic acid groups (broad SMARTS) is 1. The van der Waals surface area contributed by atoms with E-state index in [1.54, 1.807) is 0 Å². The Labute approximate surface area is 106 Å². The van der Waals surface area contributed by atoms with Gasteiger partial charge in [0, 0.05) is 0 Å². The van der Waals surface area contributed by atoms with E-state index in [4.69, 9.17) is 38.8 Å². The number of anilines is 1. The lowest BCUT2D eigenvalue weighted by molar-refractivity contribution is -0.138. The molecule has 0 aromatic carbocycles. The Morgan fingerprint density at radius 2 is 2.18 bits per heavy atom. The molecule has 0 saturated carbocycles. The van der Waals surface area contributed by atoms with Gasteiger partial charge in [-0.25, -0.2) is 0 Å². The topological polar surface area (TPSA) is 85.4 Å². The van der Waals surface area contributed by atoms with Crippen molar-refractivity contribution in [1.82, 2.24) is 4.98 Å². The molecule has 1 aromatic rings. The van der Waals surface area contributed by atoms with Crippen molar-refractivity contribution in [3.05, 3.63) is 16.0 Å². The quantitative estimate of drug-likeness (QED) is 0.828. The van der Waals surface area contributed by atoms with Gasteiger partial charge in [0.15, 0.2) is 0 Å². The molecule has 0 fully saturated rings. The third kappa shape index (κ3) is 3.34. The number of hydrogen-bond donors (Lipinski definition) is 2. The molecule has 5 nitrogen and oxygen atoms in total. The highest BCUT2D eigenvalue weighted by atomic mass is 35.5. The number of nitrogens with two attached hydrogens (primary N) is 1. The van der Waals surface area contributed by atoms with E-state index in [1.807, 2.05) is 0 Å². The Morgan fingerprint density at radius 3 is 2.71 bits per heavy atom. The molecule has 94 valence electrons. The number of pyridine rings is 1. The van der Waals surface area contributed by atoms with E-state index < -0.39 is 23.0 Å². The van der Waals surface area contributed by atoms with Crippen LogP contribution in [0.15, 0.2) is 0 Å². The number of carbonyl (C=O) groups is 1. The molecule has 0 aliphatic carbocycles. The van der Waals surface area contributed by atoms with E-state index in [1.165, 1.54) is 6.92 Å². The van der Waals surface area contributed by atoms with E-state index >= 15 is 0 Å². The first-order valence-electron chi connectivity index (χ1n) is 4.51. The lowest BCUT2D eigenvalue weighted by atomic mass is 10.3. The van der Waals surface area contributed by atoms with Gasteiger partial charge < -0.3 is 15.6 Å². The molecule has 0 aliphatic heterocycles. The molecule has 0 spiro atoms. The predicted molar refractivity (Wildman–Crippen MR) is 61.0 cm³/mol. The van der Waals surface area contributed by atoms with Crippen molar-refractivity contribution in [3.63, 3.8) is 0 Å². The minimum atomic E-state index is -1.06. The van der Waals surface area contributed by atoms with Crippen molar-refractivity contribution in [3.8, 4) is 5.88 Å². The zero-order chi connectivity index (χ0) is 13.2. The maximum atomic E-state index is 13.2. The third-order valence-corrected chi connectivity index (χ3v) is 2.54. The smallest absolute Gasteiger partial charge is 0.307 e. The average Bonchev–Trinajstić information content (AvgIpc) is 2.21. The number of nitrogens with zero attached hydrogens (tertiary/aromatic N) is 1. The van der Waals surface area contributed by atoms with Crippen molar-refractivity contribution in [2.24, 2.45) is 0 Å². The fourth-order valence-corrected chi connectivity index (χ4v) is 1.43. The molecule has 1 unspecified atom stereocenters. The van der Waals surface area contributed by atoms with Gasteiger partial charge in [0.1, 0.15) is 16.1 Å². The van der Waals surface area contributed by atoms with Gasteiger partial charge in [-0.1, -0.05) is 23.2 Å². The second kappa shape index (κ2) is 5.37. The highest BCUT2D eigenvalue weighted by Crippen LogP contribution is 2.35. The van der Waals surface area contributed by atoms with Crippen molar-refractivity contribution in [2.45, 2.75) is 19.4 Å². The first-order valence-corrected chi connectivity index (χ1v) is 5.27. The molecule has 1 rings (SSSR count). The fraction of sp³-hybridized carbons (Fsp3) is 0.333. The number of hydrogen-bond acceptors (Lipinski definition) is 4. The van der Waals surface area contributed by atoms with Crippen LogP contribution in [0.3, 0.4) is 0 Å². The largest absolute Gasteiger partial charge is 0.481 e. The summed E-state index contributed by atoms with van der Waals surface area (Å²) in [6.45, 7) is 1.48. The summed E-state index contributed by atoms with van der Waals surface area (Å²) in [6.07, 6.45) is -1.00. The molecule has 1 aromatic heterocycles. The van der Waals surface area contributed by atoms with Gasteiger partial charge in [0.25, 0.3) is 0 Å². The molecule has 8 heteroatoms. The number of ether oxygens (including phenoxy) is 1. The van der Waals surface area contributed by atoms with E-state index in [0.717, 1.165) is 0 Å². The predicted octanol–water partition coefficient (Wildman–Crippen LogP) is 2.35. The molecular formula is C9H9Cl2FN2O3. The van der Waals surface area contributed by atoms with E-state index in [-0.39, 0.29) is 23.0 Å². The SMILES string of the molecule is CC(CC(=O)O)Oc1nc(F)c(Cl)c(N)c1Cl. The van der Waals surface area contributed by atoms with Crippen LogP contribution in [0.2, 0.25) is 10.0 Å². The summed E-state index contributed by atoms with van der Waals surface area (Å²) in [6, 6.07) is 0. The monoisotopic (exact) mass is 282 g/mol. The van der Waals surface area contributed by atoms with Crippen molar-refractivity contribution < 1.29 is 19.0 Å². The van der Waals surface area contributed by atoms with Crippen molar-refractivity contribution in [2.75, 3.05) is 5.73 Å². The maximum absolute atomic E-state index is 13.2. The molecule has 0 saturated heterocycles. The van der Waals surface area contributed by atoms with Crippen LogP contribution in [0.25, 0.3) is 0 Å². The van der Waals surface area contributed by atoms with Crippen LogP contribution in [-0.4, -0.2) is 22.2 Å².